The Morgan fingerprint density at radius 2 is 2.17 bits per heavy atom. The fourth-order valence-corrected chi connectivity index (χ4v) is 0.983. The molecule has 1 nitrogen and oxygen atoms in total. The molecule has 0 radical (unpaired) electrons. The largest absolute Gasteiger partial charge is 0.330 e. The van der Waals surface area contributed by atoms with Crippen LogP contribution in [0, 0.1) is 12.3 Å². The van der Waals surface area contributed by atoms with E-state index in [1.54, 1.807) is 0 Å². The molecule has 0 saturated heterocycles. The van der Waals surface area contributed by atoms with Gasteiger partial charge in [0.05, 0.1) is 0 Å². The third-order valence-electron chi connectivity index (χ3n) is 1.53. The molecule has 64 valence electrons. The maximum atomic E-state index is 5.40. The van der Waals surface area contributed by atoms with Gasteiger partial charge in [-0.1, -0.05) is 18.1 Å². The summed E-state index contributed by atoms with van der Waals surface area (Å²) in [6.07, 6.45) is 6.13. The molecular weight excluding hydrogens is 170 g/mol. The highest BCUT2D eigenvalue weighted by Crippen LogP contribution is 2.03. The van der Waals surface area contributed by atoms with Gasteiger partial charge < -0.3 is 5.73 Å². The number of terminal acetylenes is 1. The van der Waals surface area contributed by atoms with E-state index < -0.39 is 0 Å². The van der Waals surface area contributed by atoms with Gasteiger partial charge in [0.15, 0.2) is 0 Å². The highest BCUT2D eigenvalue weighted by Gasteiger charge is 1.90. The van der Waals surface area contributed by atoms with Gasteiger partial charge in [0.1, 0.15) is 0 Å². The summed E-state index contributed by atoms with van der Waals surface area (Å²) in [5, 5.41) is 0. The van der Waals surface area contributed by atoms with Crippen molar-refractivity contribution in [3.8, 4) is 12.3 Å². The van der Waals surface area contributed by atoms with Gasteiger partial charge in [0.25, 0.3) is 0 Å². The molecule has 2 N–H and O–H groups in total. The fourth-order valence-electron chi connectivity index (χ4n) is 0.983. The van der Waals surface area contributed by atoms with Gasteiger partial charge in [-0.15, -0.1) is 18.8 Å². The van der Waals surface area contributed by atoms with Crippen LogP contribution in [0.3, 0.4) is 0 Å². The molecule has 1 aromatic carbocycles. The molecule has 0 aliphatic heterocycles. The van der Waals surface area contributed by atoms with Crippen molar-refractivity contribution in [1.82, 2.24) is 0 Å². The number of rotatable bonds is 2. The number of benzene rings is 1. The van der Waals surface area contributed by atoms with E-state index in [1.807, 2.05) is 24.3 Å². The summed E-state index contributed by atoms with van der Waals surface area (Å²) in [6.45, 7) is 0.675. The van der Waals surface area contributed by atoms with Gasteiger partial charge in [-0.25, -0.2) is 0 Å². The predicted octanol–water partition coefficient (Wildman–Crippen LogP) is 1.59. The second-order valence-corrected chi connectivity index (χ2v) is 2.38. The van der Waals surface area contributed by atoms with Crippen molar-refractivity contribution >= 4 is 12.4 Å². The van der Waals surface area contributed by atoms with Crippen LogP contribution in [-0.2, 0) is 6.42 Å². The quantitative estimate of drug-likeness (QED) is 0.690. The van der Waals surface area contributed by atoms with Crippen LogP contribution in [0.1, 0.15) is 11.1 Å². The van der Waals surface area contributed by atoms with Gasteiger partial charge in [0.2, 0.25) is 0 Å². The van der Waals surface area contributed by atoms with Crippen LogP contribution in [0.2, 0.25) is 0 Å². The Morgan fingerprint density at radius 3 is 2.75 bits per heavy atom. The molecule has 1 rings (SSSR count). The van der Waals surface area contributed by atoms with E-state index >= 15 is 0 Å². The zero-order chi connectivity index (χ0) is 8.10. The van der Waals surface area contributed by atoms with Crippen LogP contribution in [0.4, 0.5) is 0 Å². The normalized spacial score (nSPS) is 8.33. The zero-order valence-corrected chi connectivity index (χ0v) is 7.60. The molecule has 0 atom stereocenters. The average molecular weight is 182 g/mol. The molecule has 0 spiro atoms. The van der Waals surface area contributed by atoms with Crippen molar-refractivity contribution in [3.05, 3.63) is 35.4 Å². The Labute approximate surface area is 79.4 Å². The molecular formula is C10H12ClN. The smallest absolute Gasteiger partial charge is 0.0245 e. The standard InChI is InChI=1S/C10H11N.ClH/c1-2-9-4-3-5-10(8-9)6-7-11;/h1,3-5,8H,6-7,11H2;1H. The van der Waals surface area contributed by atoms with Crippen molar-refractivity contribution in [3.63, 3.8) is 0 Å². The third-order valence-corrected chi connectivity index (χ3v) is 1.53. The van der Waals surface area contributed by atoms with Crippen molar-refractivity contribution in [2.45, 2.75) is 6.42 Å². The van der Waals surface area contributed by atoms with Crippen molar-refractivity contribution in [2.24, 2.45) is 5.73 Å². The summed E-state index contributed by atoms with van der Waals surface area (Å²) in [7, 11) is 0. The molecule has 0 aliphatic carbocycles. The number of hydrogen-bond acceptors (Lipinski definition) is 1. The van der Waals surface area contributed by atoms with E-state index in [9.17, 15) is 0 Å². The first-order valence-electron chi connectivity index (χ1n) is 3.62. The highest BCUT2D eigenvalue weighted by molar-refractivity contribution is 5.85. The molecule has 0 heterocycles. The first kappa shape index (κ1) is 11.0. The molecule has 1 aromatic rings. The van der Waals surface area contributed by atoms with Crippen LogP contribution in [0.25, 0.3) is 0 Å². The SMILES string of the molecule is C#Cc1cccc(CCN)c1.Cl. The Morgan fingerprint density at radius 1 is 1.42 bits per heavy atom. The van der Waals surface area contributed by atoms with Gasteiger partial charge in [-0.05, 0) is 30.7 Å². The Bertz CT molecular complexity index is 275. The maximum absolute atomic E-state index is 5.40. The summed E-state index contributed by atoms with van der Waals surface area (Å²) in [4.78, 5) is 0. The van der Waals surface area contributed by atoms with Crippen LogP contribution in [-0.4, -0.2) is 6.54 Å². The van der Waals surface area contributed by atoms with Gasteiger partial charge >= 0.3 is 0 Å². The monoisotopic (exact) mass is 181 g/mol. The average Bonchev–Trinajstić information content (AvgIpc) is 2.06. The lowest BCUT2D eigenvalue weighted by atomic mass is 10.1. The van der Waals surface area contributed by atoms with Crippen LogP contribution in [0.15, 0.2) is 24.3 Å². The molecule has 0 saturated carbocycles. The minimum atomic E-state index is 0. The van der Waals surface area contributed by atoms with Crippen LogP contribution in [0.5, 0.6) is 0 Å². The van der Waals surface area contributed by atoms with Crippen LogP contribution < -0.4 is 5.73 Å². The van der Waals surface area contributed by atoms with Crippen molar-refractivity contribution < 1.29 is 0 Å². The van der Waals surface area contributed by atoms with E-state index in [1.165, 1.54) is 5.56 Å². The van der Waals surface area contributed by atoms with Crippen molar-refractivity contribution in [2.75, 3.05) is 6.54 Å². The first-order chi connectivity index (χ1) is 5.36. The van der Waals surface area contributed by atoms with E-state index in [-0.39, 0.29) is 12.4 Å². The molecule has 12 heavy (non-hydrogen) atoms. The molecule has 0 bridgehead atoms. The second-order valence-electron chi connectivity index (χ2n) is 2.38. The lowest BCUT2D eigenvalue weighted by Crippen LogP contribution is -2.02. The lowest BCUT2D eigenvalue weighted by molar-refractivity contribution is 0.968. The van der Waals surface area contributed by atoms with E-state index in [2.05, 4.69) is 5.92 Å². The second kappa shape index (κ2) is 5.65. The summed E-state index contributed by atoms with van der Waals surface area (Å²) in [5.74, 6) is 2.58. The molecule has 0 amide bonds. The highest BCUT2D eigenvalue weighted by atomic mass is 35.5. The Balaban J connectivity index is 0.00000121. The zero-order valence-electron chi connectivity index (χ0n) is 6.79. The number of hydrogen-bond donors (Lipinski definition) is 1. The molecule has 0 aliphatic rings. The van der Waals surface area contributed by atoms with Crippen LogP contribution >= 0.6 is 12.4 Å². The maximum Gasteiger partial charge on any atom is 0.0245 e. The molecule has 0 aromatic heterocycles. The van der Waals surface area contributed by atoms with Gasteiger partial charge in [0, 0.05) is 5.56 Å². The third kappa shape index (κ3) is 2.96. The number of halogens is 1. The van der Waals surface area contributed by atoms with E-state index in [0.717, 1.165) is 12.0 Å². The van der Waals surface area contributed by atoms with E-state index in [0.29, 0.717) is 6.54 Å². The fraction of sp³-hybridized carbons (Fsp3) is 0.200. The first-order valence-corrected chi connectivity index (χ1v) is 3.62. The lowest BCUT2D eigenvalue weighted by Gasteiger charge is -1.97. The summed E-state index contributed by atoms with van der Waals surface area (Å²) in [6, 6.07) is 7.90. The minimum Gasteiger partial charge on any atom is -0.330 e. The van der Waals surface area contributed by atoms with Crippen molar-refractivity contribution in [1.29, 1.82) is 0 Å². The van der Waals surface area contributed by atoms with Gasteiger partial charge in [-0.3, -0.25) is 0 Å². The Kier molecular flexibility index (Phi) is 5.19. The summed E-state index contributed by atoms with van der Waals surface area (Å²) in [5.41, 5.74) is 7.54. The van der Waals surface area contributed by atoms with E-state index in [4.69, 9.17) is 12.2 Å². The summed E-state index contributed by atoms with van der Waals surface area (Å²) < 4.78 is 0. The minimum absolute atomic E-state index is 0. The van der Waals surface area contributed by atoms with Gasteiger partial charge in [-0.2, -0.15) is 0 Å². The molecule has 2 heteroatoms. The molecule has 0 unspecified atom stereocenters. The topological polar surface area (TPSA) is 26.0 Å². The molecule has 0 fully saturated rings. The predicted molar refractivity (Wildman–Crippen MR) is 54.4 cm³/mol. The summed E-state index contributed by atoms with van der Waals surface area (Å²) >= 11 is 0. The number of nitrogens with two attached hydrogens (primary N) is 1. The Hall–Kier alpha value is -0.970.